The Morgan fingerprint density at radius 2 is 2.14 bits per heavy atom. The number of alkyl halides is 1. The highest BCUT2D eigenvalue weighted by Crippen LogP contribution is 2.10. The van der Waals surface area contributed by atoms with Crippen molar-refractivity contribution in [1.29, 1.82) is 0 Å². The maximum Gasteiger partial charge on any atom is 0.189 e. The van der Waals surface area contributed by atoms with Crippen LogP contribution in [0, 0.1) is 0 Å². The summed E-state index contributed by atoms with van der Waals surface area (Å²) in [4.78, 5) is 0. The summed E-state index contributed by atoms with van der Waals surface area (Å²) >= 11 is 10.0. The van der Waals surface area contributed by atoms with Gasteiger partial charge in [-0.1, -0.05) is 11.6 Å². The van der Waals surface area contributed by atoms with E-state index in [1.54, 1.807) is 0 Å². The van der Waals surface area contributed by atoms with E-state index in [1.165, 1.54) is 6.92 Å². The Labute approximate surface area is 51.9 Å². The minimum atomic E-state index is -0.699. The zero-order valence-electron chi connectivity index (χ0n) is 3.84. The molecule has 42 valence electrons. The van der Waals surface area contributed by atoms with Gasteiger partial charge in [0.1, 0.15) is 0 Å². The first-order valence-electron chi connectivity index (χ1n) is 1.75. The van der Waals surface area contributed by atoms with Gasteiger partial charge < -0.3 is 0 Å². The van der Waals surface area contributed by atoms with E-state index in [-0.39, 0.29) is 5.88 Å². The van der Waals surface area contributed by atoms with E-state index < -0.39 is 5.29 Å². The van der Waals surface area contributed by atoms with E-state index in [0.717, 1.165) is 0 Å². The molecule has 0 aliphatic heterocycles. The number of halogens is 3. The average molecular weight is 143 g/mol. The lowest BCUT2D eigenvalue weighted by atomic mass is 10.4. The third kappa shape index (κ3) is 2.89. The number of allylic oxidation sites excluding steroid dienone is 1. The largest absolute Gasteiger partial charge is 0.194 e. The molecule has 0 amide bonds. The standard InChI is InChI=1S/C4H5Cl2F/c1-3(2-5)4(6)7/h2H2,1H3. The van der Waals surface area contributed by atoms with Crippen LogP contribution in [0.2, 0.25) is 0 Å². The van der Waals surface area contributed by atoms with Crippen LogP contribution in [0.1, 0.15) is 6.92 Å². The molecule has 0 radical (unpaired) electrons. The van der Waals surface area contributed by atoms with Gasteiger partial charge in [-0.15, -0.1) is 11.6 Å². The molecule has 0 aliphatic carbocycles. The van der Waals surface area contributed by atoms with Crippen molar-refractivity contribution in [2.45, 2.75) is 6.92 Å². The quantitative estimate of drug-likeness (QED) is 0.495. The lowest BCUT2D eigenvalue weighted by Gasteiger charge is -1.86. The summed E-state index contributed by atoms with van der Waals surface area (Å²) in [5.74, 6) is 0.162. The van der Waals surface area contributed by atoms with E-state index in [4.69, 9.17) is 23.2 Å². The van der Waals surface area contributed by atoms with Crippen LogP contribution in [0.3, 0.4) is 0 Å². The Morgan fingerprint density at radius 1 is 1.71 bits per heavy atom. The summed E-state index contributed by atoms with van der Waals surface area (Å²) in [5, 5.41) is -0.699. The van der Waals surface area contributed by atoms with Gasteiger partial charge in [-0.2, -0.15) is 4.39 Å². The fourth-order valence-electron chi connectivity index (χ4n) is 0.0505. The smallest absolute Gasteiger partial charge is 0.189 e. The SMILES string of the molecule is CC(CCl)=C(F)Cl. The fourth-order valence-corrected chi connectivity index (χ4v) is 0.303. The monoisotopic (exact) mass is 142 g/mol. The second-order valence-electron chi connectivity index (χ2n) is 1.17. The fraction of sp³-hybridized carbons (Fsp3) is 0.500. The molecule has 3 heteroatoms. The zero-order chi connectivity index (χ0) is 5.86. The zero-order valence-corrected chi connectivity index (χ0v) is 5.35. The predicted octanol–water partition coefficient (Wildman–Crippen LogP) is 2.67. The first-order valence-corrected chi connectivity index (χ1v) is 2.66. The molecule has 0 aromatic rings. The van der Waals surface area contributed by atoms with Crippen molar-refractivity contribution in [3.05, 3.63) is 10.9 Å². The van der Waals surface area contributed by atoms with Crippen LogP contribution in [0.25, 0.3) is 0 Å². The molecule has 0 atom stereocenters. The molecule has 0 heterocycles. The third-order valence-corrected chi connectivity index (χ3v) is 1.25. The Kier molecular flexibility index (Phi) is 3.39. The summed E-state index contributed by atoms with van der Waals surface area (Å²) in [5.41, 5.74) is 0.378. The first kappa shape index (κ1) is 7.25. The molecule has 0 saturated heterocycles. The highest BCUT2D eigenvalue weighted by atomic mass is 35.5. The van der Waals surface area contributed by atoms with E-state index in [1.807, 2.05) is 0 Å². The second-order valence-corrected chi connectivity index (χ2v) is 1.77. The summed E-state index contributed by atoms with van der Waals surface area (Å²) in [6.45, 7) is 1.54. The van der Waals surface area contributed by atoms with E-state index in [0.29, 0.717) is 5.57 Å². The van der Waals surface area contributed by atoms with Crippen LogP contribution < -0.4 is 0 Å². The van der Waals surface area contributed by atoms with Gasteiger partial charge in [0.15, 0.2) is 5.29 Å². The van der Waals surface area contributed by atoms with Gasteiger partial charge in [0, 0.05) is 5.88 Å². The van der Waals surface area contributed by atoms with Gasteiger partial charge in [0.05, 0.1) is 0 Å². The summed E-state index contributed by atoms with van der Waals surface area (Å²) in [6, 6.07) is 0. The van der Waals surface area contributed by atoms with Gasteiger partial charge >= 0.3 is 0 Å². The topological polar surface area (TPSA) is 0 Å². The molecule has 0 nitrogen and oxygen atoms in total. The Hall–Kier alpha value is 0.250. The number of hydrogen-bond acceptors (Lipinski definition) is 0. The summed E-state index contributed by atoms with van der Waals surface area (Å²) in [6.07, 6.45) is 0. The van der Waals surface area contributed by atoms with E-state index in [9.17, 15) is 4.39 Å². The molecule has 0 aromatic heterocycles. The van der Waals surface area contributed by atoms with Crippen molar-refractivity contribution in [2.75, 3.05) is 5.88 Å². The Bertz CT molecular complexity index is 83.7. The Balaban J connectivity index is 3.72. The van der Waals surface area contributed by atoms with Gasteiger partial charge in [-0.3, -0.25) is 0 Å². The van der Waals surface area contributed by atoms with Crippen molar-refractivity contribution in [3.63, 3.8) is 0 Å². The summed E-state index contributed by atoms with van der Waals surface area (Å²) in [7, 11) is 0. The normalized spacial score (nSPS) is 13.7. The van der Waals surface area contributed by atoms with Crippen molar-refractivity contribution < 1.29 is 4.39 Å². The predicted molar refractivity (Wildman–Crippen MR) is 30.4 cm³/mol. The molecular weight excluding hydrogens is 138 g/mol. The molecule has 0 spiro atoms. The first-order chi connectivity index (χ1) is 3.18. The maximum absolute atomic E-state index is 11.7. The minimum Gasteiger partial charge on any atom is -0.194 e. The molecule has 0 fully saturated rings. The van der Waals surface area contributed by atoms with Crippen LogP contribution in [0.4, 0.5) is 4.39 Å². The van der Waals surface area contributed by atoms with Crippen molar-refractivity contribution in [2.24, 2.45) is 0 Å². The molecular formula is C4H5Cl2F. The van der Waals surface area contributed by atoms with Gasteiger partial charge in [0.2, 0.25) is 0 Å². The van der Waals surface area contributed by atoms with Crippen molar-refractivity contribution in [1.82, 2.24) is 0 Å². The molecule has 0 saturated carbocycles. The van der Waals surface area contributed by atoms with Gasteiger partial charge in [-0.25, -0.2) is 0 Å². The lowest BCUT2D eigenvalue weighted by molar-refractivity contribution is 0.683. The molecule has 0 bridgehead atoms. The van der Waals surface area contributed by atoms with E-state index in [2.05, 4.69) is 0 Å². The Morgan fingerprint density at radius 3 is 2.14 bits per heavy atom. The van der Waals surface area contributed by atoms with E-state index >= 15 is 0 Å². The molecule has 7 heavy (non-hydrogen) atoms. The lowest BCUT2D eigenvalue weighted by Crippen LogP contribution is -1.74. The van der Waals surface area contributed by atoms with Crippen LogP contribution in [-0.4, -0.2) is 5.88 Å². The maximum atomic E-state index is 11.7. The number of hydrogen-bond donors (Lipinski definition) is 0. The third-order valence-electron chi connectivity index (χ3n) is 0.523. The molecule has 0 rings (SSSR count). The minimum absolute atomic E-state index is 0.162. The van der Waals surface area contributed by atoms with Crippen LogP contribution in [0.15, 0.2) is 10.9 Å². The number of rotatable bonds is 1. The average Bonchev–Trinajstić information content (AvgIpc) is 1.65. The van der Waals surface area contributed by atoms with Crippen LogP contribution in [-0.2, 0) is 0 Å². The highest BCUT2D eigenvalue weighted by Gasteiger charge is 1.91. The molecule has 0 unspecified atom stereocenters. The van der Waals surface area contributed by atoms with Gasteiger partial charge in [0.25, 0.3) is 0 Å². The van der Waals surface area contributed by atoms with Gasteiger partial charge in [-0.05, 0) is 12.5 Å². The highest BCUT2D eigenvalue weighted by molar-refractivity contribution is 6.29. The molecule has 0 aromatic carbocycles. The van der Waals surface area contributed by atoms with Crippen LogP contribution in [0.5, 0.6) is 0 Å². The molecule has 0 aliphatic rings. The van der Waals surface area contributed by atoms with Crippen molar-refractivity contribution >= 4 is 23.2 Å². The second kappa shape index (κ2) is 3.28. The summed E-state index contributed by atoms with van der Waals surface area (Å²) < 4.78 is 11.7. The van der Waals surface area contributed by atoms with Crippen molar-refractivity contribution in [3.8, 4) is 0 Å². The van der Waals surface area contributed by atoms with Crippen LogP contribution >= 0.6 is 23.2 Å². The molecule has 0 N–H and O–H groups in total.